The van der Waals surface area contributed by atoms with Gasteiger partial charge in [-0.25, -0.2) is 4.98 Å². The molecule has 0 fully saturated rings. The van der Waals surface area contributed by atoms with E-state index in [1.165, 1.54) is 5.56 Å². The summed E-state index contributed by atoms with van der Waals surface area (Å²) in [6.45, 7) is -2.90. The van der Waals surface area contributed by atoms with Crippen LogP contribution in [0.3, 0.4) is 0 Å². The lowest BCUT2D eigenvalue weighted by Gasteiger charge is -2.18. The number of furan rings is 1. The molecular weight excluding hydrogens is 585 g/mol. The number of aryl methyl sites for hydroxylation is 1. The van der Waals surface area contributed by atoms with Crippen LogP contribution in [0.4, 0.5) is 0 Å². The molecule has 3 nitrogen and oxygen atoms in total. The molecule has 0 saturated carbocycles. The van der Waals surface area contributed by atoms with Gasteiger partial charge in [0.1, 0.15) is 17.0 Å². The van der Waals surface area contributed by atoms with Gasteiger partial charge in [-0.2, -0.15) is 0 Å². The van der Waals surface area contributed by atoms with Gasteiger partial charge in [0.15, 0.2) is 0 Å². The van der Waals surface area contributed by atoms with Crippen molar-refractivity contribution in [1.82, 2.24) is 9.55 Å². The molecule has 0 spiro atoms. The average molecular weight is 620 g/mol. The molecular formula is C45H30N2O. The number of rotatable bonds is 4. The summed E-state index contributed by atoms with van der Waals surface area (Å²) in [7, 11) is 0. The predicted molar refractivity (Wildman–Crippen MR) is 201 cm³/mol. The van der Waals surface area contributed by atoms with E-state index in [0.717, 1.165) is 70.9 Å². The van der Waals surface area contributed by atoms with E-state index < -0.39 is 13.2 Å². The molecule has 0 aliphatic rings. The maximum atomic E-state index is 8.61. The second kappa shape index (κ2) is 10.4. The van der Waals surface area contributed by atoms with Crippen molar-refractivity contribution in [3.8, 4) is 27.9 Å². The predicted octanol–water partition coefficient (Wildman–Crippen LogP) is 12.3. The van der Waals surface area contributed by atoms with Gasteiger partial charge < -0.3 is 4.42 Å². The van der Waals surface area contributed by atoms with E-state index >= 15 is 0 Å². The Morgan fingerprint density at radius 1 is 0.562 bits per heavy atom. The summed E-state index contributed by atoms with van der Waals surface area (Å²) in [5.41, 5.74) is 8.10. The van der Waals surface area contributed by atoms with Crippen LogP contribution >= 0.6 is 0 Å². The Morgan fingerprint density at radius 2 is 1.15 bits per heavy atom. The zero-order valence-electron chi connectivity index (χ0n) is 30.7. The van der Waals surface area contributed by atoms with Crippen LogP contribution in [-0.2, 0) is 6.37 Å². The minimum absolute atomic E-state index is 0.146. The zero-order valence-corrected chi connectivity index (χ0v) is 25.7. The summed E-state index contributed by atoms with van der Waals surface area (Å²) in [4.78, 5) is 4.50. The van der Waals surface area contributed by atoms with Crippen molar-refractivity contribution < 1.29 is 11.3 Å². The monoisotopic (exact) mass is 619 g/mol. The molecule has 10 aromatic rings. The molecule has 10 rings (SSSR count). The van der Waals surface area contributed by atoms with E-state index in [9.17, 15) is 0 Å². The van der Waals surface area contributed by atoms with Gasteiger partial charge in [0.05, 0.1) is 11.0 Å². The second-order valence-electron chi connectivity index (χ2n) is 12.3. The fourth-order valence-corrected chi connectivity index (χ4v) is 7.53. The molecule has 2 heterocycles. The fraction of sp³-hybridized carbons (Fsp3) is 0.0444. The highest BCUT2D eigenvalue weighted by Crippen LogP contribution is 2.45. The molecule has 0 atom stereocenters. The number of para-hydroxylation sites is 3. The van der Waals surface area contributed by atoms with Crippen molar-refractivity contribution in [1.29, 1.82) is 0 Å². The van der Waals surface area contributed by atoms with E-state index in [4.69, 9.17) is 11.3 Å². The number of hydrogen-bond acceptors (Lipinski definition) is 2. The smallest absolute Gasteiger partial charge is 0.135 e. The summed E-state index contributed by atoms with van der Waals surface area (Å²) >= 11 is 0. The van der Waals surface area contributed by atoms with Crippen LogP contribution < -0.4 is 0 Å². The van der Waals surface area contributed by atoms with Gasteiger partial charge in [0.25, 0.3) is 0 Å². The van der Waals surface area contributed by atoms with E-state index in [1.807, 2.05) is 54.6 Å². The summed E-state index contributed by atoms with van der Waals surface area (Å²) in [6.07, 6.45) is -2.67. The van der Waals surface area contributed by atoms with Crippen LogP contribution in [0, 0.1) is 0 Å². The maximum Gasteiger partial charge on any atom is 0.135 e. The lowest BCUT2D eigenvalue weighted by atomic mass is 9.85. The first-order valence-electron chi connectivity index (χ1n) is 18.5. The number of fused-ring (bicyclic) bond motifs is 7. The van der Waals surface area contributed by atoms with E-state index in [2.05, 4.69) is 96.0 Å². The Bertz CT molecular complexity index is 3040. The van der Waals surface area contributed by atoms with Gasteiger partial charge in [-0.15, -0.1) is 0 Å². The molecule has 0 amide bonds. The normalized spacial score (nSPS) is 14.0. The molecule has 226 valence electrons. The number of hydrogen-bond donors (Lipinski definition) is 0. The van der Waals surface area contributed by atoms with Crippen LogP contribution in [0.5, 0.6) is 0 Å². The first kappa shape index (κ1) is 22.4. The van der Waals surface area contributed by atoms with Crippen molar-refractivity contribution >= 4 is 65.3 Å². The van der Waals surface area contributed by atoms with Gasteiger partial charge in [-0.05, 0) is 103 Å². The van der Waals surface area contributed by atoms with Crippen molar-refractivity contribution in [3.05, 3.63) is 157 Å². The van der Waals surface area contributed by atoms with E-state index in [0.29, 0.717) is 16.7 Å². The molecule has 0 aliphatic carbocycles. The van der Waals surface area contributed by atoms with E-state index in [-0.39, 0.29) is 5.82 Å². The Balaban J connectivity index is 1.16. The van der Waals surface area contributed by atoms with Crippen molar-refractivity contribution in [3.63, 3.8) is 0 Å². The van der Waals surface area contributed by atoms with Gasteiger partial charge >= 0.3 is 0 Å². The molecule has 0 unspecified atom stereocenters. The van der Waals surface area contributed by atoms with Gasteiger partial charge in [-0.3, -0.25) is 4.57 Å². The van der Waals surface area contributed by atoms with Crippen LogP contribution in [0.15, 0.2) is 156 Å². The third-order valence-corrected chi connectivity index (χ3v) is 9.64. The second-order valence-corrected chi connectivity index (χ2v) is 12.3. The Labute approximate surface area is 284 Å². The highest BCUT2D eigenvalue weighted by Gasteiger charge is 2.18. The fourth-order valence-electron chi connectivity index (χ4n) is 7.53. The highest BCUT2D eigenvalue weighted by molar-refractivity contribution is 6.22. The molecule has 3 heteroatoms. The summed E-state index contributed by atoms with van der Waals surface area (Å²) in [5, 5.41) is 8.75. The zero-order chi connectivity index (χ0) is 36.1. The lowest BCUT2D eigenvalue weighted by Crippen LogP contribution is -2.00. The molecule has 2 aromatic heterocycles. The van der Waals surface area contributed by atoms with Crippen LogP contribution in [0.25, 0.3) is 93.2 Å². The number of aromatic nitrogens is 2. The molecule has 0 bridgehead atoms. The van der Waals surface area contributed by atoms with Gasteiger partial charge in [-0.1, -0.05) is 110 Å². The minimum Gasteiger partial charge on any atom is -0.456 e. The number of benzene rings is 8. The molecule has 0 saturated heterocycles. The highest BCUT2D eigenvalue weighted by atomic mass is 16.3. The van der Waals surface area contributed by atoms with E-state index in [1.54, 1.807) is 10.6 Å². The van der Waals surface area contributed by atoms with Crippen LogP contribution in [0.1, 0.15) is 19.5 Å². The average Bonchev–Trinajstić information content (AvgIpc) is 3.75. The van der Waals surface area contributed by atoms with Crippen molar-refractivity contribution in [2.75, 3.05) is 0 Å². The SMILES string of the molecule is [2H]C([2H])([2H])C([2H])([2H])c1nc2ccccc2n1-c1ccc2cc(-c3c4ccccc4c(-c4ccc5oc6ccccc6c5c4)c4ccccc34)ccc2c1. The summed E-state index contributed by atoms with van der Waals surface area (Å²) < 4.78 is 48.9. The quantitative estimate of drug-likeness (QED) is 0.184. The molecule has 0 N–H and O–H groups in total. The number of nitrogens with zero attached hydrogens (tertiary/aromatic N) is 2. The molecule has 8 aromatic carbocycles. The first-order chi connectivity index (χ1) is 25.7. The Morgan fingerprint density at radius 3 is 1.90 bits per heavy atom. The number of imidazole rings is 1. The first-order valence-corrected chi connectivity index (χ1v) is 16.0. The molecule has 0 aliphatic heterocycles. The third kappa shape index (κ3) is 3.98. The maximum absolute atomic E-state index is 8.61. The summed E-state index contributed by atoms with van der Waals surface area (Å²) in [5.74, 6) is -0.146. The Kier molecular flexibility index (Phi) is 4.85. The topological polar surface area (TPSA) is 31.0 Å². The van der Waals surface area contributed by atoms with Gasteiger partial charge in [0.2, 0.25) is 0 Å². The van der Waals surface area contributed by atoms with Crippen LogP contribution in [-0.4, -0.2) is 9.55 Å². The van der Waals surface area contributed by atoms with Crippen LogP contribution in [0.2, 0.25) is 0 Å². The standard InChI is InChI=1S/C45H30N2O/c1-2-43-46-39-16-8-9-17-40(39)47(43)32-23-21-28-25-30(20-19-29(28)26-32)44-34-12-3-5-14-36(34)45(37-15-6-4-13-35(37)44)31-22-24-42-38(27-31)33-11-7-10-18-41(33)48-42/h3-27H,2H2,1H3/i1D3,2D2. The Hall–Kier alpha value is -6.19. The van der Waals surface area contributed by atoms with Crippen molar-refractivity contribution in [2.45, 2.75) is 13.2 Å². The van der Waals surface area contributed by atoms with Gasteiger partial charge in [0, 0.05) is 29.7 Å². The minimum atomic E-state index is -2.90. The largest absolute Gasteiger partial charge is 0.456 e. The summed E-state index contributed by atoms with van der Waals surface area (Å²) in [6, 6.07) is 51.4. The molecule has 0 radical (unpaired) electrons. The molecule has 48 heavy (non-hydrogen) atoms. The lowest BCUT2D eigenvalue weighted by molar-refractivity contribution is 0.669. The van der Waals surface area contributed by atoms with Crippen molar-refractivity contribution in [2.24, 2.45) is 0 Å². The third-order valence-electron chi connectivity index (χ3n) is 9.64.